The Bertz CT molecular complexity index is 606. The first kappa shape index (κ1) is 16.8. The molecule has 0 saturated carbocycles. The maximum Gasteiger partial charge on any atom is 0.495 e. The van der Waals surface area contributed by atoms with Crippen LogP contribution in [0.1, 0.15) is 10.4 Å². The van der Waals surface area contributed by atoms with Gasteiger partial charge in [0.2, 0.25) is 0 Å². The Hall–Kier alpha value is -2.21. The number of nitro benzene ring substituents is 1. The van der Waals surface area contributed by atoms with Gasteiger partial charge in [0, 0.05) is 6.07 Å². The minimum absolute atomic E-state index is 0.410. The molecule has 0 fully saturated rings. The van der Waals surface area contributed by atoms with E-state index in [0.29, 0.717) is 18.2 Å². The molecule has 1 atom stereocenters. The first-order chi connectivity index (χ1) is 9.59. The summed E-state index contributed by atoms with van der Waals surface area (Å²) in [7, 11) is 0.867. The summed E-state index contributed by atoms with van der Waals surface area (Å²) >= 11 is -3.73. The van der Waals surface area contributed by atoms with E-state index >= 15 is 0 Å². The Morgan fingerprint density at radius 3 is 2.38 bits per heavy atom. The molecule has 1 aromatic carbocycles. The number of hydrogen-bond acceptors (Lipinski definition) is 6. The Kier molecular flexibility index (Phi) is 4.85. The molecule has 0 radical (unpaired) electrons. The van der Waals surface area contributed by atoms with Crippen molar-refractivity contribution in [2.45, 2.75) is 6.30 Å². The van der Waals surface area contributed by atoms with E-state index in [-0.39, 0.29) is 0 Å². The smallest absolute Gasteiger partial charge is 0.495 e. The summed E-state index contributed by atoms with van der Waals surface area (Å²) in [6, 6.07) is 1.54. The van der Waals surface area contributed by atoms with Crippen molar-refractivity contribution in [2.24, 2.45) is 0 Å². The van der Waals surface area contributed by atoms with Crippen LogP contribution in [0.3, 0.4) is 0 Å². The van der Waals surface area contributed by atoms with E-state index in [4.69, 9.17) is 0 Å². The molecule has 116 valence electrons. The number of ether oxygens (including phenoxy) is 1. The van der Waals surface area contributed by atoms with Gasteiger partial charge >= 0.3 is 12.3 Å². The van der Waals surface area contributed by atoms with Crippen LogP contribution >= 0.6 is 0 Å². The van der Waals surface area contributed by atoms with Crippen LogP contribution < -0.4 is 4.31 Å². The fourth-order valence-corrected chi connectivity index (χ4v) is 1.85. The average molecular weight is 327 g/mol. The molecule has 8 nitrogen and oxygen atoms in total. The monoisotopic (exact) mass is 327 g/mol. The molecule has 0 saturated heterocycles. The van der Waals surface area contributed by atoms with Crippen LogP contribution in [0.2, 0.25) is 0 Å². The molecule has 0 heterocycles. The number of methoxy groups -OCH3 is 1. The summed E-state index contributed by atoms with van der Waals surface area (Å²) in [4.78, 5) is 21.0. The third kappa shape index (κ3) is 3.66. The third-order valence-corrected chi connectivity index (χ3v) is 2.91. The minimum atomic E-state index is -5.30. The minimum Gasteiger partial charge on any atom is -0.755 e. The summed E-state index contributed by atoms with van der Waals surface area (Å²) in [6.45, 7) is 0. The zero-order chi connectivity index (χ0) is 16.4. The topological polar surface area (TPSA) is 113 Å². The standard InChI is InChI=1S/C9H7F3N2O6S/c1-20-8(15)6-4-5(2-3-7(6)14(16)17)13(21(18)19)9(10,11)12/h2-4H,1H3,(H,18,19)/p-1. The highest BCUT2D eigenvalue weighted by molar-refractivity contribution is 7.80. The van der Waals surface area contributed by atoms with Crippen molar-refractivity contribution in [2.75, 3.05) is 11.4 Å². The van der Waals surface area contributed by atoms with Crippen LogP contribution in [0.4, 0.5) is 24.5 Å². The number of nitro groups is 1. The van der Waals surface area contributed by atoms with E-state index < -0.39 is 49.7 Å². The van der Waals surface area contributed by atoms with E-state index in [1.54, 1.807) is 0 Å². The SMILES string of the molecule is COC(=O)c1cc(N(S(=O)[O-])C(F)(F)F)ccc1[N+](=O)[O-]. The van der Waals surface area contributed by atoms with E-state index in [9.17, 15) is 36.8 Å². The van der Waals surface area contributed by atoms with Crippen molar-refractivity contribution in [1.82, 2.24) is 0 Å². The van der Waals surface area contributed by atoms with Gasteiger partial charge < -0.3 is 9.29 Å². The Morgan fingerprint density at radius 1 is 1.43 bits per heavy atom. The normalized spacial score (nSPS) is 12.6. The van der Waals surface area contributed by atoms with Gasteiger partial charge in [-0.25, -0.2) is 9.10 Å². The highest BCUT2D eigenvalue weighted by Gasteiger charge is 2.40. The highest BCUT2D eigenvalue weighted by Crippen LogP contribution is 2.33. The number of halogens is 3. The molecule has 0 amide bonds. The van der Waals surface area contributed by atoms with Gasteiger partial charge in [-0.1, -0.05) is 0 Å². The molecule has 1 unspecified atom stereocenters. The van der Waals surface area contributed by atoms with Crippen LogP contribution in [-0.4, -0.2) is 33.1 Å². The fraction of sp³-hybridized carbons (Fsp3) is 0.222. The van der Waals surface area contributed by atoms with Gasteiger partial charge in [-0.3, -0.25) is 14.3 Å². The van der Waals surface area contributed by atoms with Gasteiger partial charge in [-0.2, -0.15) is 0 Å². The third-order valence-electron chi connectivity index (χ3n) is 2.20. The number of anilines is 1. The van der Waals surface area contributed by atoms with Gasteiger partial charge in [-0.15, -0.1) is 13.2 Å². The molecule has 1 aromatic rings. The Labute approximate surface area is 117 Å². The number of nitrogens with zero attached hydrogens (tertiary/aromatic N) is 2. The van der Waals surface area contributed by atoms with E-state index in [2.05, 4.69) is 4.74 Å². The summed E-state index contributed by atoms with van der Waals surface area (Å²) in [5, 5.41) is 10.7. The molecule has 0 aliphatic heterocycles. The molecule has 12 heteroatoms. The number of benzene rings is 1. The molecule has 0 aromatic heterocycles. The maximum atomic E-state index is 12.6. The molecule has 0 spiro atoms. The van der Waals surface area contributed by atoms with Crippen molar-refractivity contribution < 1.29 is 36.4 Å². The predicted octanol–water partition coefficient (Wildman–Crippen LogP) is 1.50. The van der Waals surface area contributed by atoms with Gasteiger partial charge in [-0.05, 0) is 12.1 Å². The number of carbonyl (C=O) groups is 1. The van der Waals surface area contributed by atoms with Crippen molar-refractivity contribution in [1.29, 1.82) is 0 Å². The number of rotatable bonds is 4. The van der Waals surface area contributed by atoms with Crippen molar-refractivity contribution in [3.8, 4) is 0 Å². The van der Waals surface area contributed by atoms with Crippen molar-refractivity contribution >= 4 is 28.6 Å². The lowest BCUT2D eigenvalue weighted by Crippen LogP contribution is -2.39. The highest BCUT2D eigenvalue weighted by atomic mass is 32.2. The van der Waals surface area contributed by atoms with Crippen molar-refractivity contribution in [3.63, 3.8) is 0 Å². The second-order valence-electron chi connectivity index (χ2n) is 3.43. The van der Waals surface area contributed by atoms with E-state index in [1.165, 1.54) is 0 Å². The molecule has 0 aliphatic rings. The average Bonchev–Trinajstić information content (AvgIpc) is 2.35. The Morgan fingerprint density at radius 2 is 2.00 bits per heavy atom. The van der Waals surface area contributed by atoms with Gasteiger partial charge in [0.1, 0.15) is 5.56 Å². The lowest BCUT2D eigenvalue weighted by Gasteiger charge is -2.28. The quantitative estimate of drug-likeness (QED) is 0.272. The molecule has 0 aliphatic carbocycles. The van der Waals surface area contributed by atoms with Crippen LogP contribution in [0, 0.1) is 10.1 Å². The number of carbonyl (C=O) groups excluding carboxylic acids is 1. The summed E-state index contributed by atoms with van der Waals surface area (Å²) in [5.41, 5.74) is -2.61. The summed E-state index contributed by atoms with van der Waals surface area (Å²) in [5.74, 6) is -1.28. The van der Waals surface area contributed by atoms with Gasteiger partial charge in [0.25, 0.3) is 5.69 Å². The largest absolute Gasteiger partial charge is 0.755 e. The fourth-order valence-electron chi connectivity index (χ4n) is 1.40. The molecule has 0 bridgehead atoms. The van der Waals surface area contributed by atoms with Crippen LogP contribution in [0.5, 0.6) is 0 Å². The molecular formula is C9H6F3N2O6S-. The molecule has 0 N–H and O–H groups in total. The predicted molar refractivity (Wildman–Crippen MR) is 61.9 cm³/mol. The molecule has 21 heavy (non-hydrogen) atoms. The van der Waals surface area contributed by atoms with Gasteiger partial charge in [0.15, 0.2) is 0 Å². The van der Waals surface area contributed by atoms with E-state index in [0.717, 1.165) is 7.11 Å². The van der Waals surface area contributed by atoms with E-state index in [1.807, 2.05) is 0 Å². The molecule has 1 rings (SSSR count). The first-order valence-electron chi connectivity index (χ1n) is 4.92. The molecular weight excluding hydrogens is 321 g/mol. The summed E-state index contributed by atoms with van der Waals surface area (Å²) < 4.78 is 62.4. The second-order valence-corrected chi connectivity index (χ2v) is 4.23. The van der Waals surface area contributed by atoms with Gasteiger partial charge in [0.05, 0.1) is 29.0 Å². The first-order valence-corrected chi connectivity index (χ1v) is 5.96. The van der Waals surface area contributed by atoms with Crippen LogP contribution in [-0.2, 0) is 16.0 Å². The maximum absolute atomic E-state index is 12.6. The zero-order valence-electron chi connectivity index (χ0n) is 10.1. The second kappa shape index (κ2) is 6.05. The number of esters is 1. The lowest BCUT2D eigenvalue weighted by molar-refractivity contribution is -0.385. The van der Waals surface area contributed by atoms with Crippen LogP contribution in [0.25, 0.3) is 0 Å². The van der Waals surface area contributed by atoms with Crippen molar-refractivity contribution in [3.05, 3.63) is 33.9 Å². The van der Waals surface area contributed by atoms with Crippen LogP contribution in [0.15, 0.2) is 18.2 Å². The lowest BCUT2D eigenvalue weighted by atomic mass is 10.1. The number of hydrogen-bond donors (Lipinski definition) is 0. The zero-order valence-corrected chi connectivity index (χ0v) is 10.9. The number of alkyl halides is 3. The Balaban J connectivity index is 3.49. The summed E-state index contributed by atoms with van der Waals surface area (Å²) in [6.07, 6.45) is -5.30.